The minimum atomic E-state index is 0.599. The third kappa shape index (κ3) is 3.69. The highest BCUT2D eigenvalue weighted by atomic mass is 32.2. The fraction of sp³-hybridized carbons (Fsp3) is 0.923. The van der Waals surface area contributed by atoms with Crippen LogP contribution in [0.15, 0.2) is 4.99 Å². The summed E-state index contributed by atoms with van der Waals surface area (Å²) in [5.74, 6) is 0.966. The summed E-state index contributed by atoms with van der Waals surface area (Å²) in [6.45, 7) is 5.58. The van der Waals surface area contributed by atoms with Crippen LogP contribution in [-0.4, -0.2) is 23.0 Å². The van der Waals surface area contributed by atoms with Crippen LogP contribution in [0.1, 0.15) is 52.4 Å². The maximum atomic E-state index is 4.72. The molecule has 1 aliphatic heterocycles. The fourth-order valence-corrected chi connectivity index (χ4v) is 3.97. The normalized spacial score (nSPS) is 34.2. The van der Waals surface area contributed by atoms with Gasteiger partial charge in [-0.3, -0.25) is 4.99 Å². The maximum absolute atomic E-state index is 4.72. The molecule has 0 aromatic rings. The van der Waals surface area contributed by atoms with Crippen LogP contribution in [-0.2, 0) is 0 Å². The number of hydrogen-bond acceptors (Lipinski definition) is 2. The molecule has 1 heterocycles. The smallest absolute Gasteiger partial charge is 0.157 e. The van der Waals surface area contributed by atoms with Gasteiger partial charge in [0.25, 0.3) is 0 Å². The first-order chi connectivity index (χ1) is 7.74. The molecule has 2 fully saturated rings. The molecule has 92 valence electrons. The van der Waals surface area contributed by atoms with Gasteiger partial charge in [0.2, 0.25) is 0 Å². The van der Waals surface area contributed by atoms with Gasteiger partial charge < -0.3 is 5.32 Å². The van der Waals surface area contributed by atoms with Crippen LogP contribution in [0.25, 0.3) is 0 Å². The van der Waals surface area contributed by atoms with Gasteiger partial charge in [-0.05, 0) is 25.7 Å². The molecule has 2 atom stereocenters. The summed E-state index contributed by atoms with van der Waals surface area (Å²) in [4.78, 5) is 4.72. The van der Waals surface area contributed by atoms with Crippen LogP contribution < -0.4 is 5.32 Å². The van der Waals surface area contributed by atoms with Crippen LogP contribution >= 0.6 is 11.8 Å². The van der Waals surface area contributed by atoms with Gasteiger partial charge in [0, 0.05) is 17.8 Å². The Balaban J connectivity index is 1.73. The Morgan fingerprint density at radius 2 is 2.06 bits per heavy atom. The molecule has 2 unspecified atom stereocenters. The summed E-state index contributed by atoms with van der Waals surface area (Å²) in [5.41, 5.74) is 0. The van der Waals surface area contributed by atoms with Crippen molar-refractivity contribution < 1.29 is 0 Å². The zero-order valence-corrected chi connectivity index (χ0v) is 11.4. The summed E-state index contributed by atoms with van der Waals surface area (Å²) in [6, 6.07) is 0.599. The molecule has 1 saturated carbocycles. The number of nitrogens with one attached hydrogen (secondary N) is 1. The number of hydrogen-bond donors (Lipinski definition) is 1. The summed E-state index contributed by atoms with van der Waals surface area (Å²) >= 11 is 1.91. The third-order valence-corrected chi connectivity index (χ3v) is 4.70. The van der Waals surface area contributed by atoms with E-state index < -0.39 is 0 Å². The zero-order valence-electron chi connectivity index (χ0n) is 10.5. The Morgan fingerprint density at radius 1 is 1.31 bits per heavy atom. The third-order valence-electron chi connectivity index (χ3n) is 3.64. The van der Waals surface area contributed by atoms with Crippen molar-refractivity contribution in [3.8, 4) is 0 Å². The lowest BCUT2D eigenvalue weighted by Crippen LogP contribution is -2.38. The van der Waals surface area contributed by atoms with Gasteiger partial charge in [-0.1, -0.05) is 44.4 Å². The first-order valence-corrected chi connectivity index (χ1v) is 7.59. The van der Waals surface area contributed by atoms with Gasteiger partial charge >= 0.3 is 0 Å². The molecule has 3 heteroatoms. The highest BCUT2D eigenvalue weighted by Gasteiger charge is 2.20. The van der Waals surface area contributed by atoms with E-state index in [0.717, 1.165) is 17.7 Å². The molecule has 0 aromatic heterocycles. The van der Waals surface area contributed by atoms with E-state index in [9.17, 15) is 0 Å². The van der Waals surface area contributed by atoms with Crippen molar-refractivity contribution >= 4 is 16.9 Å². The monoisotopic (exact) mass is 240 g/mol. The Hall–Kier alpha value is -0.180. The van der Waals surface area contributed by atoms with Crippen LogP contribution in [0, 0.1) is 5.92 Å². The second kappa shape index (κ2) is 5.95. The van der Waals surface area contributed by atoms with E-state index in [4.69, 9.17) is 4.99 Å². The standard InChI is InChI=1S/C13H24N2S/c1-10-9-11(2)16-13(15-10)14-8-7-12-5-3-4-6-12/h10-12H,3-9H2,1-2H3,(H,14,15). The second-order valence-corrected chi connectivity index (χ2v) is 6.76. The second-order valence-electron chi connectivity index (χ2n) is 5.34. The van der Waals surface area contributed by atoms with Crippen LogP contribution in [0.3, 0.4) is 0 Å². The predicted molar refractivity (Wildman–Crippen MR) is 73.1 cm³/mol. The Labute approximate surface area is 104 Å². The molecule has 1 aliphatic carbocycles. The molecule has 16 heavy (non-hydrogen) atoms. The molecule has 2 nitrogen and oxygen atoms in total. The van der Waals surface area contributed by atoms with Gasteiger partial charge in [0.1, 0.15) is 0 Å². The average Bonchev–Trinajstić information content (AvgIpc) is 2.69. The first kappa shape index (κ1) is 12.3. The van der Waals surface area contributed by atoms with E-state index in [1.165, 1.54) is 43.7 Å². The van der Waals surface area contributed by atoms with Gasteiger partial charge in [-0.15, -0.1) is 0 Å². The number of thioether (sulfide) groups is 1. The number of amidine groups is 1. The molecule has 0 spiro atoms. The van der Waals surface area contributed by atoms with E-state index in [-0.39, 0.29) is 0 Å². The lowest BCUT2D eigenvalue weighted by Gasteiger charge is -2.27. The highest BCUT2D eigenvalue weighted by Crippen LogP contribution is 2.28. The molecule has 0 bridgehead atoms. The SMILES string of the molecule is CC1CC(C)SC(=NCCC2CCCC2)N1. The van der Waals surface area contributed by atoms with Crippen molar-refractivity contribution in [3.05, 3.63) is 0 Å². The molecule has 0 radical (unpaired) electrons. The zero-order chi connectivity index (χ0) is 11.4. The molecular weight excluding hydrogens is 216 g/mol. The number of rotatable bonds is 3. The van der Waals surface area contributed by atoms with E-state index in [1.54, 1.807) is 0 Å². The molecule has 2 rings (SSSR count). The van der Waals surface area contributed by atoms with Gasteiger partial charge in [0.05, 0.1) is 0 Å². The Kier molecular flexibility index (Phi) is 4.56. The lowest BCUT2D eigenvalue weighted by molar-refractivity contribution is 0.511. The van der Waals surface area contributed by atoms with Crippen molar-refractivity contribution in [2.45, 2.75) is 63.7 Å². The quantitative estimate of drug-likeness (QED) is 0.817. The largest absolute Gasteiger partial charge is 0.362 e. The predicted octanol–water partition coefficient (Wildman–Crippen LogP) is 3.43. The van der Waals surface area contributed by atoms with Crippen LogP contribution in [0.5, 0.6) is 0 Å². The topological polar surface area (TPSA) is 24.4 Å². The van der Waals surface area contributed by atoms with E-state index in [1.807, 2.05) is 11.8 Å². The summed E-state index contributed by atoms with van der Waals surface area (Å²) in [6.07, 6.45) is 8.34. The number of aliphatic imine (C=N–C) groups is 1. The molecule has 1 saturated heterocycles. The average molecular weight is 240 g/mol. The van der Waals surface area contributed by atoms with Crippen LogP contribution in [0.4, 0.5) is 0 Å². The molecule has 1 N–H and O–H groups in total. The van der Waals surface area contributed by atoms with Crippen LogP contribution in [0.2, 0.25) is 0 Å². The van der Waals surface area contributed by atoms with Crippen molar-refractivity contribution in [3.63, 3.8) is 0 Å². The number of nitrogens with zero attached hydrogens (tertiary/aromatic N) is 1. The minimum absolute atomic E-state index is 0.599. The van der Waals surface area contributed by atoms with E-state index in [2.05, 4.69) is 19.2 Å². The summed E-state index contributed by atoms with van der Waals surface area (Å²) in [7, 11) is 0. The van der Waals surface area contributed by atoms with Gasteiger partial charge in [-0.25, -0.2) is 0 Å². The lowest BCUT2D eigenvalue weighted by atomic mass is 10.1. The molecule has 0 aromatic carbocycles. The van der Waals surface area contributed by atoms with E-state index in [0.29, 0.717) is 6.04 Å². The molecular formula is C13H24N2S. The van der Waals surface area contributed by atoms with E-state index >= 15 is 0 Å². The fourth-order valence-electron chi connectivity index (χ4n) is 2.77. The van der Waals surface area contributed by atoms with Gasteiger partial charge in [0.15, 0.2) is 5.17 Å². The first-order valence-electron chi connectivity index (χ1n) is 6.71. The van der Waals surface area contributed by atoms with Crippen molar-refractivity contribution in [2.75, 3.05) is 6.54 Å². The Bertz CT molecular complexity index is 234. The summed E-state index contributed by atoms with van der Waals surface area (Å²) < 4.78 is 0. The van der Waals surface area contributed by atoms with Crippen molar-refractivity contribution in [1.29, 1.82) is 0 Å². The minimum Gasteiger partial charge on any atom is -0.362 e. The highest BCUT2D eigenvalue weighted by molar-refractivity contribution is 8.14. The Morgan fingerprint density at radius 3 is 2.75 bits per heavy atom. The summed E-state index contributed by atoms with van der Waals surface area (Å²) in [5, 5.41) is 5.39. The molecule has 2 aliphatic rings. The van der Waals surface area contributed by atoms with Gasteiger partial charge in [-0.2, -0.15) is 0 Å². The van der Waals surface area contributed by atoms with Crippen molar-refractivity contribution in [1.82, 2.24) is 5.32 Å². The molecule has 0 amide bonds. The maximum Gasteiger partial charge on any atom is 0.157 e. The van der Waals surface area contributed by atoms with Crippen molar-refractivity contribution in [2.24, 2.45) is 10.9 Å².